The van der Waals surface area contributed by atoms with E-state index in [-0.39, 0.29) is 42.9 Å². The maximum Gasteiger partial charge on any atom is 0.391 e. The average Bonchev–Trinajstić information content (AvgIpc) is 2.79. The SMILES string of the molecule is O=C(O)C1CCN(Cc2ccc3c(C(F)F)c(O[C@H]4CC[C@@H](C(F)(F)F)CC4)ccc3c2)CC1. The molecule has 0 unspecified atom stereocenters. The Kier molecular flexibility index (Phi) is 7.31. The van der Waals surface area contributed by atoms with Gasteiger partial charge >= 0.3 is 12.1 Å². The second-order valence-electron chi connectivity index (χ2n) is 9.36. The zero-order chi connectivity index (χ0) is 24.5. The van der Waals surface area contributed by atoms with E-state index in [2.05, 4.69) is 4.90 Å². The quantitative estimate of drug-likeness (QED) is 0.470. The lowest BCUT2D eigenvalue weighted by Gasteiger charge is -2.31. The van der Waals surface area contributed by atoms with Crippen LogP contribution in [0.2, 0.25) is 0 Å². The lowest BCUT2D eigenvalue weighted by atomic mass is 9.87. The maximum atomic E-state index is 14.0. The minimum absolute atomic E-state index is 0.0291. The zero-order valence-electron chi connectivity index (χ0n) is 18.7. The number of alkyl halides is 5. The fourth-order valence-corrected chi connectivity index (χ4v) is 5.09. The van der Waals surface area contributed by atoms with E-state index in [0.29, 0.717) is 43.2 Å². The summed E-state index contributed by atoms with van der Waals surface area (Å²) in [7, 11) is 0. The van der Waals surface area contributed by atoms with E-state index < -0.39 is 30.6 Å². The molecule has 0 radical (unpaired) electrons. The van der Waals surface area contributed by atoms with Gasteiger partial charge in [0.15, 0.2) is 0 Å². The van der Waals surface area contributed by atoms with Gasteiger partial charge in [-0.25, -0.2) is 8.78 Å². The van der Waals surface area contributed by atoms with Crippen LogP contribution in [0.3, 0.4) is 0 Å². The number of carboxylic acid groups (broad SMARTS) is 1. The predicted molar refractivity (Wildman–Crippen MR) is 117 cm³/mol. The standard InChI is InChI=1S/C25H28F5NO3/c26-23(27)22-20-7-1-15(14-31-11-9-16(10-12-31)24(32)33)13-17(20)2-8-21(22)34-19-5-3-18(4-6-19)25(28,29)30/h1-2,7-8,13,16,18-19,23H,3-6,9-12,14H2,(H,32,33)/t18-,19+. The highest BCUT2D eigenvalue weighted by atomic mass is 19.4. The Hall–Kier alpha value is -2.42. The van der Waals surface area contributed by atoms with Crippen molar-refractivity contribution in [1.82, 2.24) is 4.90 Å². The summed E-state index contributed by atoms with van der Waals surface area (Å²) in [5.41, 5.74) is 0.713. The van der Waals surface area contributed by atoms with Gasteiger partial charge in [0.25, 0.3) is 6.43 Å². The van der Waals surface area contributed by atoms with E-state index in [1.54, 1.807) is 18.2 Å². The molecule has 186 valence electrons. The molecular formula is C25H28F5NO3. The highest BCUT2D eigenvalue weighted by molar-refractivity contribution is 5.88. The molecule has 1 aliphatic carbocycles. The molecule has 0 spiro atoms. The third-order valence-electron chi connectivity index (χ3n) is 7.08. The number of hydrogen-bond donors (Lipinski definition) is 1. The number of carbonyl (C=O) groups is 1. The van der Waals surface area contributed by atoms with Crippen molar-refractivity contribution < 1.29 is 36.6 Å². The van der Waals surface area contributed by atoms with Gasteiger partial charge in [-0.3, -0.25) is 9.69 Å². The van der Waals surface area contributed by atoms with Gasteiger partial charge in [-0.1, -0.05) is 18.2 Å². The number of halogens is 5. The molecule has 1 saturated carbocycles. The van der Waals surface area contributed by atoms with Crippen molar-refractivity contribution >= 4 is 16.7 Å². The Morgan fingerprint density at radius 3 is 2.29 bits per heavy atom. The predicted octanol–water partition coefficient (Wildman–Crippen LogP) is 6.57. The summed E-state index contributed by atoms with van der Waals surface area (Å²) in [5.74, 6) is -2.41. The molecule has 9 heteroatoms. The number of rotatable bonds is 6. The fourth-order valence-electron chi connectivity index (χ4n) is 5.09. The summed E-state index contributed by atoms with van der Waals surface area (Å²) in [6.07, 6.45) is -6.10. The second-order valence-corrected chi connectivity index (χ2v) is 9.36. The highest BCUT2D eigenvalue weighted by Crippen LogP contribution is 2.41. The molecule has 4 nitrogen and oxygen atoms in total. The highest BCUT2D eigenvalue weighted by Gasteiger charge is 2.42. The van der Waals surface area contributed by atoms with Crippen LogP contribution in [0.5, 0.6) is 5.75 Å². The van der Waals surface area contributed by atoms with E-state index in [1.165, 1.54) is 6.07 Å². The summed E-state index contributed by atoms with van der Waals surface area (Å²) in [6, 6.07) is 8.47. The molecule has 0 atom stereocenters. The normalized spacial score (nSPS) is 22.9. The van der Waals surface area contributed by atoms with Crippen LogP contribution >= 0.6 is 0 Å². The van der Waals surface area contributed by atoms with E-state index in [0.717, 1.165) is 5.56 Å². The first-order chi connectivity index (χ1) is 16.1. The van der Waals surface area contributed by atoms with Crippen molar-refractivity contribution in [3.05, 3.63) is 41.5 Å². The molecule has 4 rings (SSSR count). The molecule has 1 N–H and O–H groups in total. The van der Waals surface area contributed by atoms with Gasteiger partial charge in [0.2, 0.25) is 0 Å². The Morgan fingerprint density at radius 2 is 1.71 bits per heavy atom. The second kappa shape index (κ2) is 10.1. The van der Waals surface area contributed by atoms with Crippen LogP contribution in [-0.4, -0.2) is 41.3 Å². The molecule has 1 saturated heterocycles. The Bertz CT molecular complexity index is 1010. The van der Waals surface area contributed by atoms with Gasteiger partial charge in [-0.15, -0.1) is 0 Å². The minimum Gasteiger partial charge on any atom is -0.490 e. The molecule has 34 heavy (non-hydrogen) atoms. The van der Waals surface area contributed by atoms with Gasteiger partial charge in [0.05, 0.1) is 23.5 Å². The van der Waals surface area contributed by atoms with E-state index in [1.807, 2.05) is 6.07 Å². The first-order valence-corrected chi connectivity index (χ1v) is 11.6. The molecular weight excluding hydrogens is 457 g/mol. The van der Waals surface area contributed by atoms with Gasteiger partial charge in [-0.2, -0.15) is 13.2 Å². The van der Waals surface area contributed by atoms with Crippen molar-refractivity contribution in [2.45, 2.75) is 63.8 Å². The summed E-state index contributed by atoms with van der Waals surface area (Å²) in [6.45, 7) is 1.94. The lowest BCUT2D eigenvalue weighted by Crippen LogP contribution is -2.35. The van der Waals surface area contributed by atoms with Crippen molar-refractivity contribution in [1.29, 1.82) is 0 Å². The average molecular weight is 485 g/mol. The Balaban J connectivity index is 1.47. The fraction of sp³-hybridized carbons (Fsp3) is 0.560. The number of fused-ring (bicyclic) bond motifs is 1. The summed E-state index contributed by atoms with van der Waals surface area (Å²) in [4.78, 5) is 13.3. The van der Waals surface area contributed by atoms with Crippen molar-refractivity contribution in [3.8, 4) is 5.75 Å². The number of piperidine rings is 1. The molecule has 0 aromatic heterocycles. The summed E-state index contributed by atoms with van der Waals surface area (Å²) >= 11 is 0. The van der Waals surface area contributed by atoms with Gasteiger partial charge in [-0.05, 0) is 80.1 Å². The number of nitrogens with zero attached hydrogens (tertiary/aromatic N) is 1. The van der Waals surface area contributed by atoms with E-state index in [9.17, 15) is 26.7 Å². The molecule has 2 aliphatic rings. The molecule has 0 amide bonds. The molecule has 2 fully saturated rings. The first-order valence-electron chi connectivity index (χ1n) is 11.6. The largest absolute Gasteiger partial charge is 0.490 e. The van der Waals surface area contributed by atoms with Gasteiger partial charge in [0, 0.05) is 6.54 Å². The minimum atomic E-state index is -4.23. The molecule has 2 aromatic carbocycles. The monoisotopic (exact) mass is 485 g/mol. The van der Waals surface area contributed by atoms with Crippen molar-refractivity contribution in [2.24, 2.45) is 11.8 Å². The number of carboxylic acids is 1. The Labute approximate surface area is 194 Å². The summed E-state index contributed by atoms with van der Waals surface area (Å²) in [5, 5.41) is 10.1. The van der Waals surface area contributed by atoms with Crippen LogP contribution in [0, 0.1) is 11.8 Å². The number of likely N-dealkylation sites (tertiary alicyclic amines) is 1. The third kappa shape index (κ3) is 5.62. The summed E-state index contributed by atoms with van der Waals surface area (Å²) < 4.78 is 72.5. The van der Waals surface area contributed by atoms with Crippen LogP contribution < -0.4 is 4.74 Å². The number of ether oxygens (including phenoxy) is 1. The van der Waals surface area contributed by atoms with Gasteiger partial charge in [0.1, 0.15) is 5.75 Å². The van der Waals surface area contributed by atoms with Crippen LogP contribution in [0.1, 0.15) is 56.1 Å². The van der Waals surface area contributed by atoms with Crippen LogP contribution in [0.15, 0.2) is 30.3 Å². The van der Waals surface area contributed by atoms with Crippen molar-refractivity contribution in [2.75, 3.05) is 13.1 Å². The number of benzene rings is 2. The molecule has 0 bridgehead atoms. The number of hydrogen-bond acceptors (Lipinski definition) is 3. The van der Waals surface area contributed by atoms with E-state index >= 15 is 0 Å². The van der Waals surface area contributed by atoms with Gasteiger partial charge < -0.3 is 9.84 Å². The maximum absolute atomic E-state index is 14.0. The molecule has 1 heterocycles. The Morgan fingerprint density at radius 1 is 1.03 bits per heavy atom. The van der Waals surface area contributed by atoms with Crippen LogP contribution in [0.4, 0.5) is 22.0 Å². The van der Waals surface area contributed by atoms with E-state index in [4.69, 9.17) is 9.84 Å². The van der Waals surface area contributed by atoms with Crippen LogP contribution in [0.25, 0.3) is 10.8 Å². The third-order valence-corrected chi connectivity index (χ3v) is 7.08. The molecule has 1 aliphatic heterocycles. The van der Waals surface area contributed by atoms with Crippen LogP contribution in [-0.2, 0) is 11.3 Å². The lowest BCUT2D eigenvalue weighted by molar-refractivity contribution is -0.185. The first kappa shape index (κ1) is 24.7. The van der Waals surface area contributed by atoms with Crippen molar-refractivity contribution in [3.63, 3.8) is 0 Å². The smallest absolute Gasteiger partial charge is 0.391 e. The zero-order valence-corrected chi connectivity index (χ0v) is 18.7. The molecule has 2 aromatic rings. The number of aliphatic carboxylic acids is 1. The topological polar surface area (TPSA) is 49.8 Å².